The highest BCUT2D eigenvalue weighted by molar-refractivity contribution is 7.93. The van der Waals surface area contributed by atoms with Crippen molar-refractivity contribution in [3.05, 3.63) is 57.6 Å². The van der Waals surface area contributed by atoms with Gasteiger partial charge in [0.2, 0.25) is 0 Å². The molecule has 1 N–H and O–H groups in total. The molecule has 0 unspecified atom stereocenters. The van der Waals surface area contributed by atoms with Crippen LogP contribution in [0.5, 0.6) is 0 Å². The molecule has 0 saturated carbocycles. The van der Waals surface area contributed by atoms with Gasteiger partial charge in [-0.15, -0.1) is 0 Å². The number of amides is 1. The summed E-state index contributed by atoms with van der Waals surface area (Å²) in [6.07, 6.45) is 0. The Balaban J connectivity index is 1.84. The highest BCUT2D eigenvalue weighted by atomic mass is 35.5. The van der Waals surface area contributed by atoms with Crippen LogP contribution in [0.4, 0.5) is 10.1 Å². The normalized spacial score (nSPS) is 14.7. The number of benzene rings is 2. The second kappa shape index (κ2) is 8.38. The predicted molar refractivity (Wildman–Crippen MR) is 119 cm³/mol. The molecule has 3 aromatic rings. The highest BCUT2D eigenvalue weighted by Gasteiger charge is 2.30. The van der Waals surface area contributed by atoms with Crippen molar-refractivity contribution in [2.24, 2.45) is 0 Å². The number of carbonyl (C=O) groups is 1. The van der Waals surface area contributed by atoms with Gasteiger partial charge in [-0.1, -0.05) is 11.6 Å². The molecule has 4 rings (SSSR count). The summed E-state index contributed by atoms with van der Waals surface area (Å²) in [5.74, 6) is -0.858. The highest BCUT2D eigenvalue weighted by Crippen LogP contribution is 2.36. The molecule has 0 atom stereocenters. The van der Waals surface area contributed by atoms with E-state index in [9.17, 15) is 17.6 Å². The first kappa shape index (κ1) is 22.6. The van der Waals surface area contributed by atoms with Crippen molar-refractivity contribution in [2.45, 2.75) is 25.7 Å². The molecule has 32 heavy (non-hydrogen) atoms. The third kappa shape index (κ3) is 3.96. The van der Waals surface area contributed by atoms with Crippen LogP contribution in [0.3, 0.4) is 0 Å². The number of furan rings is 1. The molecule has 2 aromatic carbocycles. The third-order valence-corrected chi connectivity index (χ3v) is 7.45. The van der Waals surface area contributed by atoms with Gasteiger partial charge in [-0.2, -0.15) is 0 Å². The van der Waals surface area contributed by atoms with E-state index < -0.39 is 15.8 Å². The summed E-state index contributed by atoms with van der Waals surface area (Å²) in [4.78, 5) is 14.6. The molecule has 1 aliphatic heterocycles. The Bertz CT molecular complexity index is 1330. The van der Waals surface area contributed by atoms with Crippen LogP contribution < -0.4 is 4.72 Å². The fourth-order valence-corrected chi connectivity index (χ4v) is 5.43. The quantitative estimate of drug-likeness (QED) is 0.597. The van der Waals surface area contributed by atoms with Gasteiger partial charge in [0.05, 0.1) is 23.9 Å². The van der Waals surface area contributed by atoms with Crippen molar-refractivity contribution < 1.29 is 26.8 Å². The molecule has 7 nitrogen and oxygen atoms in total. The van der Waals surface area contributed by atoms with Crippen molar-refractivity contribution in [1.82, 2.24) is 4.90 Å². The van der Waals surface area contributed by atoms with Gasteiger partial charge in [0.1, 0.15) is 10.7 Å². The number of hydrogen-bond donors (Lipinski definition) is 1. The van der Waals surface area contributed by atoms with Crippen LogP contribution >= 0.6 is 11.6 Å². The lowest BCUT2D eigenvalue weighted by atomic mass is 10.0. The van der Waals surface area contributed by atoms with E-state index in [1.807, 2.05) is 6.07 Å². The van der Waals surface area contributed by atoms with Gasteiger partial charge < -0.3 is 14.1 Å². The van der Waals surface area contributed by atoms with E-state index in [1.165, 1.54) is 12.1 Å². The molecule has 0 spiro atoms. The zero-order valence-electron chi connectivity index (χ0n) is 17.8. The topological polar surface area (TPSA) is 88.9 Å². The van der Waals surface area contributed by atoms with Gasteiger partial charge in [-0.3, -0.25) is 9.52 Å². The number of hydrogen-bond acceptors (Lipinski definition) is 5. The van der Waals surface area contributed by atoms with Crippen molar-refractivity contribution in [2.75, 3.05) is 31.0 Å². The van der Waals surface area contributed by atoms with Crippen molar-refractivity contribution in [1.29, 1.82) is 0 Å². The van der Waals surface area contributed by atoms with Crippen LogP contribution in [-0.4, -0.2) is 45.5 Å². The molecule has 1 saturated heterocycles. The summed E-state index contributed by atoms with van der Waals surface area (Å²) < 4.78 is 53.8. The average molecular weight is 481 g/mol. The lowest BCUT2D eigenvalue weighted by Crippen LogP contribution is -2.40. The monoisotopic (exact) mass is 480 g/mol. The SMILES string of the molecule is Cc1cc2c(C)c(C(=O)N3CCOCC3)oc2c(S(=O)(=O)Nc2ccc(F)c(Cl)c2)c1C. The Kier molecular flexibility index (Phi) is 5.91. The first-order chi connectivity index (χ1) is 15.1. The second-order valence-corrected chi connectivity index (χ2v) is 9.75. The van der Waals surface area contributed by atoms with E-state index in [0.717, 1.165) is 11.6 Å². The molecular formula is C22H22ClFN2O5S. The summed E-state index contributed by atoms with van der Waals surface area (Å²) in [6.45, 7) is 6.94. The van der Waals surface area contributed by atoms with Gasteiger partial charge in [-0.05, 0) is 56.2 Å². The summed E-state index contributed by atoms with van der Waals surface area (Å²) in [5, 5.41) is 0.339. The number of halogens is 2. The first-order valence-corrected chi connectivity index (χ1v) is 11.8. The molecule has 1 aliphatic rings. The number of fused-ring (bicyclic) bond motifs is 1. The standard InChI is InChI=1S/C22H22ClFN2O5S/c1-12-10-16-14(3)19(22(27)26-6-8-30-9-7-26)31-20(16)21(13(12)2)32(28,29)25-15-4-5-18(24)17(23)11-15/h4-5,10-11,25H,6-9H2,1-3H3. The van der Waals surface area contributed by atoms with Crippen LogP contribution in [0.15, 0.2) is 33.6 Å². The Morgan fingerprint density at radius 2 is 1.81 bits per heavy atom. The second-order valence-electron chi connectivity index (χ2n) is 7.72. The average Bonchev–Trinajstić information content (AvgIpc) is 3.07. The van der Waals surface area contributed by atoms with Crippen LogP contribution in [0.1, 0.15) is 27.2 Å². The molecule has 1 aromatic heterocycles. The van der Waals surface area contributed by atoms with Crippen molar-refractivity contribution in [3.8, 4) is 0 Å². The summed E-state index contributed by atoms with van der Waals surface area (Å²) in [5.41, 5.74) is 1.99. The molecule has 10 heteroatoms. The van der Waals surface area contributed by atoms with Gasteiger partial charge in [0, 0.05) is 24.0 Å². The van der Waals surface area contributed by atoms with Gasteiger partial charge >= 0.3 is 0 Å². The molecular weight excluding hydrogens is 459 g/mol. The zero-order chi connectivity index (χ0) is 23.2. The van der Waals surface area contributed by atoms with E-state index in [-0.39, 0.29) is 32.9 Å². The molecule has 0 radical (unpaired) electrons. The number of anilines is 1. The van der Waals surface area contributed by atoms with Crippen molar-refractivity contribution >= 4 is 44.2 Å². The molecule has 1 amide bonds. The molecule has 1 fully saturated rings. The molecule has 0 bridgehead atoms. The fraction of sp³-hybridized carbons (Fsp3) is 0.318. The van der Waals surface area contributed by atoms with Crippen LogP contribution in [0.2, 0.25) is 5.02 Å². The molecule has 170 valence electrons. The van der Waals surface area contributed by atoms with Gasteiger partial charge in [0.15, 0.2) is 11.3 Å². The maximum atomic E-state index is 13.5. The Morgan fingerprint density at radius 3 is 2.47 bits per heavy atom. The van der Waals surface area contributed by atoms with Crippen LogP contribution in [0, 0.1) is 26.6 Å². The number of ether oxygens (including phenoxy) is 1. The van der Waals surface area contributed by atoms with E-state index in [1.54, 1.807) is 25.7 Å². The predicted octanol–water partition coefficient (Wildman–Crippen LogP) is 4.42. The fourth-order valence-electron chi connectivity index (χ4n) is 3.75. The minimum absolute atomic E-state index is 0.0722. The number of morpholine rings is 1. The minimum Gasteiger partial charge on any atom is -0.449 e. The van der Waals surface area contributed by atoms with E-state index in [4.69, 9.17) is 20.8 Å². The summed E-state index contributed by atoms with van der Waals surface area (Å²) >= 11 is 5.79. The lowest BCUT2D eigenvalue weighted by molar-refractivity contribution is 0.0283. The maximum Gasteiger partial charge on any atom is 0.290 e. The zero-order valence-corrected chi connectivity index (χ0v) is 19.4. The van der Waals surface area contributed by atoms with E-state index in [0.29, 0.717) is 42.8 Å². The minimum atomic E-state index is -4.15. The third-order valence-electron chi connectivity index (χ3n) is 5.63. The Morgan fingerprint density at radius 1 is 1.12 bits per heavy atom. The number of sulfonamides is 1. The smallest absolute Gasteiger partial charge is 0.290 e. The Hall–Kier alpha value is -2.62. The first-order valence-electron chi connectivity index (χ1n) is 9.98. The van der Waals surface area contributed by atoms with E-state index in [2.05, 4.69) is 4.72 Å². The molecule has 2 heterocycles. The number of carbonyl (C=O) groups excluding carboxylic acids is 1. The Labute approximate surface area is 190 Å². The summed E-state index contributed by atoms with van der Waals surface area (Å²) in [7, 11) is -4.15. The van der Waals surface area contributed by atoms with Crippen LogP contribution in [-0.2, 0) is 14.8 Å². The number of rotatable bonds is 4. The number of aryl methyl sites for hydroxylation is 2. The number of nitrogens with zero attached hydrogens (tertiary/aromatic N) is 1. The largest absolute Gasteiger partial charge is 0.449 e. The van der Waals surface area contributed by atoms with Crippen molar-refractivity contribution in [3.63, 3.8) is 0 Å². The van der Waals surface area contributed by atoms with Gasteiger partial charge in [-0.25, -0.2) is 12.8 Å². The van der Waals surface area contributed by atoms with E-state index >= 15 is 0 Å². The summed E-state index contributed by atoms with van der Waals surface area (Å²) in [6, 6.07) is 5.36. The lowest BCUT2D eigenvalue weighted by Gasteiger charge is -2.26. The molecule has 0 aliphatic carbocycles. The van der Waals surface area contributed by atoms with Gasteiger partial charge in [0.25, 0.3) is 15.9 Å². The number of nitrogens with one attached hydrogen (secondary N) is 1. The maximum absolute atomic E-state index is 13.5. The van der Waals surface area contributed by atoms with Crippen LogP contribution in [0.25, 0.3) is 11.0 Å².